The van der Waals surface area contributed by atoms with Gasteiger partial charge in [-0.05, 0) is 36.2 Å². The predicted octanol–water partition coefficient (Wildman–Crippen LogP) is 3.71. The van der Waals surface area contributed by atoms with Gasteiger partial charge in [0.15, 0.2) is 0 Å². The van der Waals surface area contributed by atoms with Crippen molar-refractivity contribution in [1.29, 1.82) is 0 Å². The average molecular weight is 204 g/mol. The highest BCUT2D eigenvalue weighted by Gasteiger charge is 2.01. The molecular weight excluding hydrogens is 194 g/mol. The molecule has 0 unspecified atom stereocenters. The lowest BCUT2D eigenvalue weighted by Gasteiger charge is -2.05. The number of pyridine rings is 1. The van der Waals surface area contributed by atoms with Gasteiger partial charge in [0, 0.05) is 23.0 Å². The van der Waals surface area contributed by atoms with E-state index in [4.69, 9.17) is 11.6 Å². The van der Waals surface area contributed by atoms with Crippen molar-refractivity contribution in [2.75, 3.05) is 0 Å². The standard InChI is InChI=1S/C12H10ClN/c1-9-7-11(13)4-5-12(9)10-3-2-6-14-8-10/h2-8H,1H3. The molecular formula is C12H10ClN. The van der Waals surface area contributed by atoms with Gasteiger partial charge in [-0.2, -0.15) is 0 Å². The Kier molecular flexibility index (Phi) is 2.51. The van der Waals surface area contributed by atoms with Crippen LogP contribution in [-0.2, 0) is 0 Å². The summed E-state index contributed by atoms with van der Waals surface area (Å²) < 4.78 is 0. The Balaban J connectivity index is 2.53. The highest BCUT2D eigenvalue weighted by Crippen LogP contribution is 2.24. The summed E-state index contributed by atoms with van der Waals surface area (Å²) in [6.45, 7) is 2.05. The topological polar surface area (TPSA) is 12.9 Å². The fourth-order valence-corrected chi connectivity index (χ4v) is 1.70. The fraction of sp³-hybridized carbons (Fsp3) is 0.0833. The molecule has 1 nitrogen and oxygen atoms in total. The van der Waals surface area contributed by atoms with E-state index in [-0.39, 0.29) is 0 Å². The Bertz CT molecular complexity index is 437. The molecule has 1 aromatic carbocycles. The quantitative estimate of drug-likeness (QED) is 0.689. The van der Waals surface area contributed by atoms with Gasteiger partial charge in [0.1, 0.15) is 0 Å². The molecule has 1 heterocycles. The van der Waals surface area contributed by atoms with Crippen LogP contribution < -0.4 is 0 Å². The molecule has 70 valence electrons. The number of hydrogen-bond donors (Lipinski definition) is 0. The van der Waals surface area contributed by atoms with Gasteiger partial charge < -0.3 is 0 Å². The first-order chi connectivity index (χ1) is 6.77. The zero-order valence-corrected chi connectivity index (χ0v) is 8.62. The van der Waals surface area contributed by atoms with E-state index in [1.165, 1.54) is 11.1 Å². The molecule has 0 amide bonds. The van der Waals surface area contributed by atoms with Crippen LogP contribution in [0, 0.1) is 6.92 Å². The lowest BCUT2D eigenvalue weighted by Crippen LogP contribution is -1.83. The van der Waals surface area contributed by atoms with Crippen molar-refractivity contribution in [1.82, 2.24) is 4.98 Å². The lowest BCUT2D eigenvalue weighted by atomic mass is 10.0. The fourth-order valence-electron chi connectivity index (χ4n) is 1.47. The average Bonchev–Trinajstić information content (AvgIpc) is 2.19. The van der Waals surface area contributed by atoms with Crippen LogP contribution in [0.5, 0.6) is 0 Å². The largest absolute Gasteiger partial charge is 0.264 e. The van der Waals surface area contributed by atoms with Crippen molar-refractivity contribution >= 4 is 11.6 Å². The molecule has 0 saturated carbocycles. The van der Waals surface area contributed by atoms with E-state index in [1.54, 1.807) is 6.20 Å². The van der Waals surface area contributed by atoms with Crippen LogP contribution in [0.4, 0.5) is 0 Å². The molecule has 2 heteroatoms. The minimum absolute atomic E-state index is 0.773. The lowest BCUT2D eigenvalue weighted by molar-refractivity contribution is 1.32. The van der Waals surface area contributed by atoms with Gasteiger partial charge in [0.05, 0.1) is 0 Å². The zero-order chi connectivity index (χ0) is 9.97. The van der Waals surface area contributed by atoms with Gasteiger partial charge >= 0.3 is 0 Å². The molecule has 0 spiro atoms. The molecule has 0 saturated heterocycles. The summed E-state index contributed by atoms with van der Waals surface area (Å²) in [6, 6.07) is 9.86. The van der Waals surface area contributed by atoms with E-state index in [9.17, 15) is 0 Å². The summed E-state index contributed by atoms with van der Waals surface area (Å²) in [6.07, 6.45) is 3.63. The minimum Gasteiger partial charge on any atom is -0.264 e. The first-order valence-corrected chi connectivity index (χ1v) is 4.82. The molecule has 0 radical (unpaired) electrons. The summed E-state index contributed by atoms with van der Waals surface area (Å²) in [5.41, 5.74) is 3.48. The van der Waals surface area contributed by atoms with Gasteiger partial charge in [-0.25, -0.2) is 0 Å². The number of halogens is 1. The van der Waals surface area contributed by atoms with Crippen LogP contribution in [0.2, 0.25) is 5.02 Å². The molecule has 14 heavy (non-hydrogen) atoms. The van der Waals surface area contributed by atoms with Crippen molar-refractivity contribution in [3.8, 4) is 11.1 Å². The van der Waals surface area contributed by atoms with Crippen LogP contribution in [0.15, 0.2) is 42.7 Å². The smallest absolute Gasteiger partial charge is 0.0409 e. The Morgan fingerprint density at radius 3 is 2.71 bits per heavy atom. The molecule has 2 rings (SSSR count). The third-order valence-electron chi connectivity index (χ3n) is 2.16. The van der Waals surface area contributed by atoms with Crippen LogP contribution in [-0.4, -0.2) is 4.98 Å². The Labute approximate surface area is 88.4 Å². The molecule has 0 aliphatic heterocycles. The molecule has 2 aromatic rings. The first-order valence-electron chi connectivity index (χ1n) is 4.44. The summed E-state index contributed by atoms with van der Waals surface area (Å²) in [4.78, 5) is 4.09. The summed E-state index contributed by atoms with van der Waals surface area (Å²) in [5.74, 6) is 0. The number of rotatable bonds is 1. The zero-order valence-electron chi connectivity index (χ0n) is 7.87. The Morgan fingerprint density at radius 1 is 1.21 bits per heavy atom. The van der Waals surface area contributed by atoms with Crippen molar-refractivity contribution in [3.05, 3.63) is 53.3 Å². The SMILES string of the molecule is Cc1cc(Cl)ccc1-c1cccnc1. The molecule has 0 aliphatic carbocycles. The monoisotopic (exact) mass is 203 g/mol. The van der Waals surface area contributed by atoms with E-state index >= 15 is 0 Å². The maximum absolute atomic E-state index is 5.89. The molecule has 0 N–H and O–H groups in total. The second-order valence-corrected chi connectivity index (χ2v) is 3.64. The van der Waals surface area contributed by atoms with Crippen LogP contribution in [0.3, 0.4) is 0 Å². The third kappa shape index (κ3) is 1.78. The Morgan fingerprint density at radius 2 is 2.07 bits per heavy atom. The summed E-state index contributed by atoms with van der Waals surface area (Å²) in [7, 11) is 0. The number of aromatic nitrogens is 1. The van der Waals surface area contributed by atoms with Crippen LogP contribution >= 0.6 is 11.6 Å². The van der Waals surface area contributed by atoms with E-state index < -0.39 is 0 Å². The van der Waals surface area contributed by atoms with Crippen molar-refractivity contribution in [2.24, 2.45) is 0 Å². The van der Waals surface area contributed by atoms with Crippen LogP contribution in [0.1, 0.15) is 5.56 Å². The molecule has 1 aromatic heterocycles. The van der Waals surface area contributed by atoms with Gasteiger partial charge in [0.2, 0.25) is 0 Å². The summed E-state index contributed by atoms with van der Waals surface area (Å²) in [5, 5.41) is 0.773. The molecule has 0 fully saturated rings. The molecule has 0 aliphatic rings. The van der Waals surface area contributed by atoms with E-state index in [2.05, 4.69) is 4.98 Å². The summed E-state index contributed by atoms with van der Waals surface area (Å²) >= 11 is 5.89. The van der Waals surface area contributed by atoms with Crippen molar-refractivity contribution < 1.29 is 0 Å². The van der Waals surface area contributed by atoms with Gasteiger partial charge in [-0.15, -0.1) is 0 Å². The van der Waals surface area contributed by atoms with E-state index in [0.717, 1.165) is 10.6 Å². The number of hydrogen-bond acceptors (Lipinski definition) is 1. The van der Waals surface area contributed by atoms with Gasteiger partial charge in [-0.1, -0.05) is 23.7 Å². The maximum atomic E-state index is 5.89. The Hall–Kier alpha value is -1.34. The number of aryl methyl sites for hydroxylation is 1. The van der Waals surface area contributed by atoms with Gasteiger partial charge in [-0.3, -0.25) is 4.98 Å². The third-order valence-corrected chi connectivity index (χ3v) is 2.40. The minimum atomic E-state index is 0.773. The highest BCUT2D eigenvalue weighted by atomic mass is 35.5. The van der Waals surface area contributed by atoms with Gasteiger partial charge in [0.25, 0.3) is 0 Å². The normalized spacial score (nSPS) is 10.1. The van der Waals surface area contributed by atoms with E-state index in [1.807, 2.05) is 43.5 Å². The first kappa shape index (κ1) is 9.22. The highest BCUT2D eigenvalue weighted by molar-refractivity contribution is 6.30. The number of benzene rings is 1. The van der Waals surface area contributed by atoms with Crippen molar-refractivity contribution in [2.45, 2.75) is 6.92 Å². The maximum Gasteiger partial charge on any atom is 0.0409 e. The second kappa shape index (κ2) is 3.81. The van der Waals surface area contributed by atoms with E-state index in [0.29, 0.717) is 0 Å². The second-order valence-electron chi connectivity index (χ2n) is 3.20. The predicted molar refractivity (Wildman–Crippen MR) is 59.4 cm³/mol. The molecule has 0 bridgehead atoms. The molecule has 0 atom stereocenters. The van der Waals surface area contributed by atoms with Crippen LogP contribution in [0.25, 0.3) is 11.1 Å². The van der Waals surface area contributed by atoms with Crippen molar-refractivity contribution in [3.63, 3.8) is 0 Å². The number of nitrogens with zero attached hydrogens (tertiary/aromatic N) is 1.